The molecule has 2 aliphatic rings. The lowest BCUT2D eigenvalue weighted by Gasteiger charge is -2.38. The zero-order valence-electron chi connectivity index (χ0n) is 12.6. The molecule has 2 aliphatic heterocycles. The summed E-state index contributed by atoms with van der Waals surface area (Å²) in [6, 6.07) is 8.92. The average molecular weight is 275 g/mol. The second-order valence-corrected chi connectivity index (χ2v) is 6.53. The second kappa shape index (κ2) is 6.15. The van der Waals surface area contributed by atoms with Gasteiger partial charge in [0.05, 0.1) is 33.3 Å². The lowest BCUT2D eigenvalue weighted by Crippen LogP contribution is -2.51. The highest BCUT2D eigenvalue weighted by molar-refractivity contribution is 5.37. The van der Waals surface area contributed by atoms with Gasteiger partial charge in [0.2, 0.25) is 0 Å². The van der Waals surface area contributed by atoms with E-state index in [0.29, 0.717) is 6.04 Å². The number of likely N-dealkylation sites (N-methyl/N-ethyl adjacent to an activating group) is 1. The van der Waals surface area contributed by atoms with E-state index in [1.54, 1.807) is 0 Å². The topological polar surface area (TPSA) is 21.3 Å². The van der Waals surface area contributed by atoms with E-state index in [4.69, 9.17) is 4.74 Å². The summed E-state index contributed by atoms with van der Waals surface area (Å²) in [5.74, 6) is 1.06. The quantitative estimate of drug-likeness (QED) is 0.853. The molecule has 0 spiro atoms. The van der Waals surface area contributed by atoms with Crippen molar-refractivity contribution in [1.82, 2.24) is 5.32 Å². The first kappa shape index (κ1) is 13.9. The van der Waals surface area contributed by atoms with E-state index in [2.05, 4.69) is 36.6 Å². The minimum absolute atomic E-state index is 0.469. The number of rotatable bonds is 4. The van der Waals surface area contributed by atoms with Crippen LogP contribution in [0.4, 0.5) is 0 Å². The Labute approximate surface area is 122 Å². The fourth-order valence-corrected chi connectivity index (χ4v) is 3.56. The Balaban J connectivity index is 1.54. The summed E-state index contributed by atoms with van der Waals surface area (Å²) in [5, 5.41) is 3.75. The van der Waals surface area contributed by atoms with Crippen LogP contribution in [0.25, 0.3) is 0 Å². The maximum atomic E-state index is 5.73. The summed E-state index contributed by atoms with van der Waals surface area (Å²) in [4.78, 5) is 0. The molecule has 3 rings (SSSR count). The number of fused-ring (bicyclic) bond motifs is 1. The maximum absolute atomic E-state index is 5.73. The van der Waals surface area contributed by atoms with Gasteiger partial charge in [0.25, 0.3) is 0 Å². The Bertz CT molecular complexity index is 440. The third-order valence-electron chi connectivity index (χ3n) is 4.90. The molecule has 110 valence electrons. The van der Waals surface area contributed by atoms with Crippen molar-refractivity contribution in [1.29, 1.82) is 0 Å². The number of para-hydroxylation sites is 1. The molecular weight excluding hydrogens is 248 g/mol. The zero-order chi connectivity index (χ0) is 13.8. The van der Waals surface area contributed by atoms with Crippen molar-refractivity contribution >= 4 is 0 Å². The second-order valence-electron chi connectivity index (χ2n) is 6.53. The first-order valence-corrected chi connectivity index (χ1v) is 8.06. The molecule has 1 aromatic rings. The van der Waals surface area contributed by atoms with E-state index in [1.165, 1.54) is 48.9 Å². The largest absolute Gasteiger partial charge is 0.493 e. The SMILES string of the molecule is C[N+]1(CCNC2CCOc3ccccc32)CCCCC1. The molecule has 1 saturated heterocycles. The van der Waals surface area contributed by atoms with Crippen molar-refractivity contribution < 1.29 is 9.22 Å². The highest BCUT2D eigenvalue weighted by atomic mass is 16.5. The fourth-order valence-electron chi connectivity index (χ4n) is 3.56. The Morgan fingerprint density at radius 3 is 2.85 bits per heavy atom. The Morgan fingerprint density at radius 1 is 1.20 bits per heavy atom. The van der Waals surface area contributed by atoms with Crippen LogP contribution >= 0.6 is 0 Å². The Kier molecular flexibility index (Phi) is 4.27. The highest BCUT2D eigenvalue weighted by Crippen LogP contribution is 2.31. The van der Waals surface area contributed by atoms with E-state index >= 15 is 0 Å². The molecule has 0 bridgehead atoms. The summed E-state index contributed by atoms with van der Waals surface area (Å²) >= 11 is 0. The molecule has 0 aromatic heterocycles. The standard InChI is InChI=1S/C17H27N2O/c1-19(11-5-2-6-12-19)13-10-18-16-9-14-20-17-8-4-3-7-15(16)17/h3-4,7-8,16,18H,2,5-6,9-14H2,1H3/q+1. The predicted octanol–water partition coefficient (Wildman–Crippen LogP) is 2.73. The van der Waals surface area contributed by atoms with Crippen LogP contribution in [-0.2, 0) is 0 Å². The monoisotopic (exact) mass is 275 g/mol. The maximum Gasteiger partial charge on any atom is 0.124 e. The predicted molar refractivity (Wildman–Crippen MR) is 81.9 cm³/mol. The minimum atomic E-state index is 0.469. The zero-order valence-corrected chi connectivity index (χ0v) is 12.6. The number of nitrogens with one attached hydrogen (secondary N) is 1. The van der Waals surface area contributed by atoms with Crippen LogP contribution in [0.5, 0.6) is 5.75 Å². The molecule has 1 N–H and O–H groups in total. The highest BCUT2D eigenvalue weighted by Gasteiger charge is 2.25. The molecule has 0 radical (unpaired) electrons. The summed E-state index contributed by atoms with van der Waals surface area (Å²) in [6.45, 7) is 5.90. The van der Waals surface area contributed by atoms with E-state index in [-0.39, 0.29) is 0 Å². The van der Waals surface area contributed by atoms with Gasteiger partial charge in [-0.1, -0.05) is 18.2 Å². The molecule has 1 unspecified atom stereocenters. The lowest BCUT2D eigenvalue weighted by molar-refractivity contribution is -0.912. The van der Waals surface area contributed by atoms with Crippen LogP contribution in [0.15, 0.2) is 24.3 Å². The van der Waals surface area contributed by atoms with Crippen molar-refractivity contribution in [2.75, 3.05) is 39.8 Å². The van der Waals surface area contributed by atoms with Gasteiger partial charge in [-0.2, -0.15) is 0 Å². The first-order chi connectivity index (χ1) is 9.77. The molecule has 3 nitrogen and oxygen atoms in total. The molecule has 3 heteroatoms. The van der Waals surface area contributed by atoms with Crippen LogP contribution < -0.4 is 10.1 Å². The van der Waals surface area contributed by atoms with Gasteiger partial charge in [0, 0.05) is 24.6 Å². The molecule has 20 heavy (non-hydrogen) atoms. The van der Waals surface area contributed by atoms with Crippen molar-refractivity contribution in [2.24, 2.45) is 0 Å². The average Bonchev–Trinajstić information content (AvgIpc) is 2.48. The first-order valence-electron chi connectivity index (χ1n) is 8.06. The van der Waals surface area contributed by atoms with Crippen molar-refractivity contribution in [2.45, 2.75) is 31.7 Å². The van der Waals surface area contributed by atoms with Gasteiger partial charge in [-0.3, -0.25) is 0 Å². The summed E-state index contributed by atoms with van der Waals surface area (Å²) in [7, 11) is 2.42. The van der Waals surface area contributed by atoms with Crippen molar-refractivity contribution in [3.8, 4) is 5.75 Å². The van der Waals surface area contributed by atoms with Gasteiger partial charge >= 0.3 is 0 Å². The third kappa shape index (κ3) is 3.15. The third-order valence-corrected chi connectivity index (χ3v) is 4.90. The number of hydrogen-bond acceptors (Lipinski definition) is 2. The summed E-state index contributed by atoms with van der Waals surface area (Å²) < 4.78 is 6.97. The van der Waals surface area contributed by atoms with Gasteiger partial charge in [-0.15, -0.1) is 0 Å². The van der Waals surface area contributed by atoms with E-state index in [9.17, 15) is 0 Å². The molecule has 0 aliphatic carbocycles. The molecular formula is C17H27N2O+. The molecule has 2 heterocycles. The molecule has 0 saturated carbocycles. The number of nitrogens with zero attached hydrogens (tertiary/aromatic N) is 1. The smallest absolute Gasteiger partial charge is 0.124 e. The fraction of sp³-hybridized carbons (Fsp3) is 0.647. The molecule has 1 atom stereocenters. The van der Waals surface area contributed by atoms with Gasteiger partial charge < -0.3 is 14.5 Å². The Hall–Kier alpha value is -1.06. The van der Waals surface area contributed by atoms with Gasteiger partial charge in [0.15, 0.2) is 0 Å². The van der Waals surface area contributed by atoms with Crippen LogP contribution in [0.3, 0.4) is 0 Å². The van der Waals surface area contributed by atoms with Crippen LogP contribution in [0.1, 0.15) is 37.3 Å². The number of quaternary nitrogens is 1. The Morgan fingerprint density at radius 2 is 2.00 bits per heavy atom. The summed E-state index contributed by atoms with van der Waals surface area (Å²) in [5.41, 5.74) is 1.33. The van der Waals surface area contributed by atoms with Crippen LogP contribution in [0, 0.1) is 0 Å². The molecule has 1 aromatic carbocycles. The van der Waals surface area contributed by atoms with Crippen molar-refractivity contribution in [3.05, 3.63) is 29.8 Å². The molecule has 0 amide bonds. The number of likely N-dealkylation sites (tertiary alicyclic amines) is 1. The normalized spacial score (nSPS) is 24.8. The lowest BCUT2D eigenvalue weighted by atomic mass is 10.0. The number of piperidine rings is 1. The minimum Gasteiger partial charge on any atom is -0.493 e. The molecule has 1 fully saturated rings. The summed E-state index contributed by atoms with van der Waals surface area (Å²) in [6.07, 6.45) is 5.31. The van der Waals surface area contributed by atoms with Gasteiger partial charge in [0.1, 0.15) is 5.75 Å². The van der Waals surface area contributed by atoms with E-state index < -0.39 is 0 Å². The van der Waals surface area contributed by atoms with Gasteiger partial charge in [-0.25, -0.2) is 0 Å². The van der Waals surface area contributed by atoms with Crippen LogP contribution in [0.2, 0.25) is 0 Å². The van der Waals surface area contributed by atoms with Crippen LogP contribution in [-0.4, -0.2) is 44.3 Å². The van der Waals surface area contributed by atoms with E-state index in [1.807, 2.05) is 0 Å². The van der Waals surface area contributed by atoms with Crippen molar-refractivity contribution in [3.63, 3.8) is 0 Å². The number of benzene rings is 1. The van der Waals surface area contributed by atoms with Gasteiger partial charge in [-0.05, 0) is 25.3 Å². The number of hydrogen-bond donors (Lipinski definition) is 1. The van der Waals surface area contributed by atoms with E-state index in [0.717, 1.165) is 25.3 Å². The number of ether oxygens (including phenoxy) is 1.